The van der Waals surface area contributed by atoms with Crippen LogP contribution in [0.4, 0.5) is 5.95 Å². The first-order chi connectivity index (χ1) is 11.7. The van der Waals surface area contributed by atoms with Crippen molar-refractivity contribution >= 4 is 34.4 Å². The van der Waals surface area contributed by atoms with Gasteiger partial charge in [0.15, 0.2) is 0 Å². The van der Waals surface area contributed by atoms with Crippen LogP contribution >= 0.6 is 11.6 Å². The van der Waals surface area contributed by atoms with Gasteiger partial charge in [-0.15, -0.1) is 0 Å². The molecule has 0 radical (unpaired) electrons. The Balaban J connectivity index is 1.46. The summed E-state index contributed by atoms with van der Waals surface area (Å²) in [6, 6.07) is 7.77. The van der Waals surface area contributed by atoms with Crippen molar-refractivity contribution in [3.63, 3.8) is 0 Å². The number of rotatable bonds is 2. The van der Waals surface area contributed by atoms with Crippen molar-refractivity contribution in [3.8, 4) is 0 Å². The number of anilines is 1. The number of fused-ring (bicyclic) bond motifs is 1. The molecule has 24 heavy (non-hydrogen) atoms. The molecule has 0 N–H and O–H groups in total. The Morgan fingerprint density at radius 1 is 1.04 bits per heavy atom. The van der Waals surface area contributed by atoms with Crippen LogP contribution in [0.1, 0.15) is 25.7 Å². The second-order valence-corrected chi connectivity index (χ2v) is 6.98. The number of piperazine rings is 1. The van der Waals surface area contributed by atoms with E-state index in [4.69, 9.17) is 11.6 Å². The highest BCUT2D eigenvalue weighted by molar-refractivity contribution is 6.34. The fourth-order valence-corrected chi connectivity index (χ4v) is 3.96. The minimum absolute atomic E-state index is 0.253. The monoisotopic (exact) mass is 344 g/mol. The van der Waals surface area contributed by atoms with Gasteiger partial charge in [-0.3, -0.25) is 4.79 Å². The van der Waals surface area contributed by atoms with Gasteiger partial charge in [0.05, 0.1) is 5.52 Å². The fourth-order valence-electron chi connectivity index (χ4n) is 3.73. The molecule has 5 nitrogen and oxygen atoms in total. The average Bonchev–Trinajstić information content (AvgIpc) is 3.16. The van der Waals surface area contributed by atoms with Gasteiger partial charge < -0.3 is 9.80 Å². The number of carbonyl (C=O) groups is 1. The zero-order valence-corrected chi connectivity index (χ0v) is 14.4. The molecule has 2 aromatic rings. The smallest absolute Gasteiger partial charge is 0.227 e. The predicted molar refractivity (Wildman–Crippen MR) is 95.3 cm³/mol. The van der Waals surface area contributed by atoms with Crippen LogP contribution in [0.3, 0.4) is 0 Å². The van der Waals surface area contributed by atoms with Crippen LogP contribution in [0, 0.1) is 5.92 Å². The lowest BCUT2D eigenvalue weighted by atomic mass is 10.1. The summed E-state index contributed by atoms with van der Waals surface area (Å²) in [4.78, 5) is 25.7. The molecule has 1 aliphatic carbocycles. The van der Waals surface area contributed by atoms with Crippen LogP contribution in [-0.4, -0.2) is 47.0 Å². The van der Waals surface area contributed by atoms with Crippen molar-refractivity contribution in [2.45, 2.75) is 25.7 Å². The second kappa shape index (κ2) is 6.55. The van der Waals surface area contributed by atoms with E-state index in [9.17, 15) is 4.79 Å². The summed E-state index contributed by atoms with van der Waals surface area (Å²) >= 11 is 6.30. The molecule has 1 amide bonds. The number of halogens is 1. The molecule has 0 atom stereocenters. The summed E-state index contributed by atoms with van der Waals surface area (Å²) in [5.41, 5.74) is 0.858. The second-order valence-electron chi connectivity index (χ2n) is 6.63. The van der Waals surface area contributed by atoms with Crippen molar-refractivity contribution in [1.82, 2.24) is 14.9 Å². The highest BCUT2D eigenvalue weighted by Gasteiger charge is 2.30. The molecular weight excluding hydrogens is 324 g/mol. The summed E-state index contributed by atoms with van der Waals surface area (Å²) < 4.78 is 0. The molecule has 6 heteroatoms. The predicted octanol–water partition coefficient (Wildman–Crippen LogP) is 3.12. The van der Waals surface area contributed by atoms with Gasteiger partial charge in [-0.2, -0.15) is 0 Å². The lowest BCUT2D eigenvalue weighted by Gasteiger charge is -2.36. The Morgan fingerprint density at radius 3 is 2.50 bits per heavy atom. The summed E-state index contributed by atoms with van der Waals surface area (Å²) in [5, 5.41) is 1.36. The first-order valence-electron chi connectivity index (χ1n) is 8.68. The number of hydrogen-bond acceptors (Lipinski definition) is 4. The van der Waals surface area contributed by atoms with Crippen molar-refractivity contribution in [2.75, 3.05) is 31.1 Å². The van der Waals surface area contributed by atoms with Crippen LogP contribution in [0.2, 0.25) is 5.15 Å². The highest BCUT2D eigenvalue weighted by Crippen LogP contribution is 2.28. The van der Waals surface area contributed by atoms with Crippen molar-refractivity contribution in [3.05, 3.63) is 29.4 Å². The summed E-state index contributed by atoms with van der Waals surface area (Å²) in [6.45, 7) is 2.99. The maximum Gasteiger partial charge on any atom is 0.227 e. The molecule has 1 aromatic carbocycles. The van der Waals surface area contributed by atoms with Crippen molar-refractivity contribution in [1.29, 1.82) is 0 Å². The first kappa shape index (κ1) is 15.6. The number of benzene rings is 1. The number of aromatic nitrogens is 2. The van der Waals surface area contributed by atoms with Gasteiger partial charge in [-0.1, -0.05) is 36.6 Å². The maximum absolute atomic E-state index is 12.5. The summed E-state index contributed by atoms with van der Waals surface area (Å²) in [7, 11) is 0. The number of amides is 1. The topological polar surface area (TPSA) is 49.3 Å². The molecule has 1 aromatic heterocycles. The average molecular weight is 345 g/mol. The highest BCUT2D eigenvalue weighted by atomic mass is 35.5. The zero-order chi connectivity index (χ0) is 16.5. The molecule has 0 bridgehead atoms. The van der Waals surface area contributed by atoms with Gasteiger partial charge in [0.2, 0.25) is 11.9 Å². The molecule has 1 saturated heterocycles. The number of hydrogen-bond donors (Lipinski definition) is 0. The van der Waals surface area contributed by atoms with Gasteiger partial charge in [0, 0.05) is 37.5 Å². The maximum atomic E-state index is 12.5. The van der Waals surface area contributed by atoms with E-state index in [1.165, 1.54) is 12.8 Å². The van der Waals surface area contributed by atoms with Gasteiger partial charge in [0.25, 0.3) is 0 Å². The standard InChI is InChI=1S/C18H21ClN4O/c19-16-14-7-3-4-8-15(14)20-18(21-16)23-11-9-22(10-12-23)17(24)13-5-1-2-6-13/h3-4,7-8,13H,1-2,5-6,9-12H2. The third kappa shape index (κ3) is 2.93. The van der Waals surface area contributed by atoms with Crippen LogP contribution < -0.4 is 4.90 Å². The molecule has 2 fully saturated rings. The Morgan fingerprint density at radius 2 is 1.75 bits per heavy atom. The van der Waals surface area contributed by atoms with Gasteiger partial charge >= 0.3 is 0 Å². The first-order valence-corrected chi connectivity index (χ1v) is 9.06. The van der Waals surface area contributed by atoms with E-state index in [0.29, 0.717) is 17.0 Å². The van der Waals surface area contributed by atoms with Gasteiger partial charge in [0.1, 0.15) is 5.15 Å². The number of nitrogens with zero attached hydrogens (tertiary/aromatic N) is 4. The Hall–Kier alpha value is -1.88. The normalized spacial score (nSPS) is 19.2. The molecule has 1 aliphatic heterocycles. The molecule has 126 valence electrons. The molecular formula is C18H21ClN4O. The van der Waals surface area contributed by atoms with Gasteiger partial charge in [-0.05, 0) is 25.0 Å². The summed E-state index contributed by atoms with van der Waals surface area (Å²) in [5.74, 6) is 1.25. The van der Waals surface area contributed by atoms with Crippen LogP contribution in [-0.2, 0) is 4.79 Å². The van der Waals surface area contributed by atoms with Crippen LogP contribution in [0.5, 0.6) is 0 Å². The van der Waals surface area contributed by atoms with E-state index in [1.54, 1.807) is 0 Å². The third-order valence-electron chi connectivity index (χ3n) is 5.12. The van der Waals surface area contributed by atoms with E-state index in [2.05, 4.69) is 14.9 Å². The molecule has 0 unspecified atom stereocenters. The lowest BCUT2D eigenvalue weighted by molar-refractivity contribution is -0.135. The SMILES string of the molecule is O=C(C1CCCC1)N1CCN(c2nc(Cl)c3ccccc3n2)CC1. The largest absolute Gasteiger partial charge is 0.339 e. The Kier molecular flexibility index (Phi) is 4.27. The lowest BCUT2D eigenvalue weighted by Crippen LogP contribution is -2.50. The molecule has 2 heterocycles. The van der Waals surface area contributed by atoms with E-state index >= 15 is 0 Å². The third-order valence-corrected chi connectivity index (χ3v) is 5.41. The number of carbonyl (C=O) groups excluding carboxylic acids is 1. The molecule has 1 saturated carbocycles. The van der Waals surface area contributed by atoms with E-state index in [1.807, 2.05) is 29.2 Å². The molecule has 2 aliphatic rings. The van der Waals surface area contributed by atoms with E-state index in [-0.39, 0.29) is 5.92 Å². The fraction of sp³-hybridized carbons (Fsp3) is 0.500. The minimum atomic E-state index is 0.253. The Labute approximate surface area is 146 Å². The number of para-hydroxylation sites is 1. The van der Waals surface area contributed by atoms with Crippen LogP contribution in [0.25, 0.3) is 10.9 Å². The van der Waals surface area contributed by atoms with Gasteiger partial charge in [-0.25, -0.2) is 9.97 Å². The van der Waals surface area contributed by atoms with Crippen molar-refractivity contribution < 1.29 is 4.79 Å². The van der Waals surface area contributed by atoms with E-state index < -0.39 is 0 Å². The molecule has 4 rings (SSSR count). The Bertz CT molecular complexity index is 752. The van der Waals surface area contributed by atoms with E-state index in [0.717, 1.165) is 49.9 Å². The minimum Gasteiger partial charge on any atom is -0.339 e. The van der Waals surface area contributed by atoms with Crippen molar-refractivity contribution in [2.24, 2.45) is 5.92 Å². The van der Waals surface area contributed by atoms with Crippen LogP contribution in [0.15, 0.2) is 24.3 Å². The zero-order valence-electron chi connectivity index (χ0n) is 13.6. The molecule has 0 spiro atoms. The quantitative estimate of drug-likeness (QED) is 0.785. The summed E-state index contributed by atoms with van der Waals surface area (Å²) in [6.07, 6.45) is 4.50.